The minimum atomic E-state index is -0.407. The molecule has 0 aliphatic heterocycles. The number of nitrogens with one attached hydrogen (secondary N) is 1. The third-order valence-corrected chi connectivity index (χ3v) is 5.04. The lowest BCUT2D eigenvalue weighted by Gasteiger charge is -2.19. The van der Waals surface area contributed by atoms with Gasteiger partial charge in [-0.25, -0.2) is 0 Å². The van der Waals surface area contributed by atoms with E-state index < -0.39 is 6.04 Å². The van der Waals surface area contributed by atoms with Crippen LogP contribution in [-0.2, 0) is 0 Å². The fraction of sp³-hybridized carbons (Fsp3) is 0.208. The predicted octanol–water partition coefficient (Wildman–Crippen LogP) is 5.03. The SMILES string of the molecule is COc1ccc(-c2noc([C@@H](NC(=O)c3cccc4ccccc34)C(C)C)n2)cc1. The second kappa shape index (κ2) is 8.37. The third kappa shape index (κ3) is 3.89. The first kappa shape index (κ1) is 19.6. The van der Waals surface area contributed by atoms with Crippen molar-refractivity contribution in [3.05, 3.63) is 78.2 Å². The Morgan fingerprint density at radius 3 is 2.47 bits per heavy atom. The van der Waals surface area contributed by atoms with Gasteiger partial charge in [-0.15, -0.1) is 0 Å². The van der Waals surface area contributed by atoms with Crippen LogP contribution >= 0.6 is 0 Å². The fourth-order valence-corrected chi connectivity index (χ4v) is 3.37. The molecule has 4 aromatic rings. The molecule has 1 amide bonds. The number of carbonyl (C=O) groups is 1. The van der Waals surface area contributed by atoms with E-state index in [1.165, 1.54) is 0 Å². The van der Waals surface area contributed by atoms with Crippen molar-refractivity contribution < 1.29 is 14.1 Å². The lowest BCUT2D eigenvalue weighted by Crippen LogP contribution is -2.32. The molecular formula is C24H23N3O3. The monoisotopic (exact) mass is 401 g/mol. The fourth-order valence-electron chi connectivity index (χ4n) is 3.37. The van der Waals surface area contributed by atoms with Crippen LogP contribution in [0.4, 0.5) is 0 Å². The molecule has 0 radical (unpaired) electrons. The van der Waals surface area contributed by atoms with Crippen LogP contribution in [0.1, 0.15) is 36.1 Å². The van der Waals surface area contributed by atoms with E-state index in [0.717, 1.165) is 22.1 Å². The van der Waals surface area contributed by atoms with Gasteiger partial charge in [0.2, 0.25) is 11.7 Å². The van der Waals surface area contributed by atoms with Crippen molar-refractivity contribution in [3.8, 4) is 17.1 Å². The van der Waals surface area contributed by atoms with E-state index >= 15 is 0 Å². The normalized spacial score (nSPS) is 12.1. The van der Waals surface area contributed by atoms with E-state index in [9.17, 15) is 4.79 Å². The summed E-state index contributed by atoms with van der Waals surface area (Å²) < 4.78 is 10.7. The van der Waals surface area contributed by atoms with Gasteiger partial charge in [0.25, 0.3) is 5.91 Å². The number of ether oxygens (including phenoxy) is 1. The van der Waals surface area contributed by atoms with Gasteiger partial charge in [-0.2, -0.15) is 4.98 Å². The molecule has 1 aromatic heterocycles. The van der Waals surface area contributed by atoms with Crippen molar-refractivity contribution in [1.82, 2.24) is 15.5 Å². The molecule has 1 heterocycles. The van der Waals surface area contributed by atoms with Gasteiger partial charge in [-0.3, -0.25) is 4.79 Å². The number of carbonyl (C=O) groups excluding carboxylic acids is 1. The van der Waals surface area contributed by atoms with Crippen molar-refractivity contribution >= 4 is 16.7 Å². The van der Waals surface area contributed by atoms with E-state index in [1.807, 2.05) is 80.6 Å². The first-order valence-corrected chi connectivity index (χ1v) is 9.83. The molecule has 0 aliphatic rings. The highest BCUT2D eigenvalue weighted by atomic mass is 16.5. The average molecular weight is 401 g/mol. The zero-order chi connectivity index (χ0) is 21.1. The zero-order valence-electron chi connectivity index (χ0n) is 17.1. The topological polar surface area (TPSA) is 77.3 Å². The Hall–Kier alpha value is -3.67. The Balaban J connectivity index is 1.60. The molecule has 6 nitrogen and oxygen atoms in total. The Bertz CT molecular complexity index is 1160. The molecule has 0 fully saturated rings. The highest BCUT2D eigenvalue weighted by Crippen LogP contribution is 2.26. The van der Waals surface area contributed by atoms with Gasteiger partial charge >= 0.3 is 0 Å². The maximum absolute atomic E-state index is 13.1. The van der Waals surface area contributed by atoms with Crippen molar-refractivity contribution in [2.45, 2.75) is 19.9 Å². The summed E-state index contributed by atoms with van der Waals surface area (Å²) in [6.07, 6.45) is 0. The van der Waals surface area contributed by atoms with E-state index in [4.69, 9.17) is 9.26 Å². The quantitative estimate of drug-likeness (QED) is 0.491. The Labute approximate surface area is 174 Å². The van der Waals surface area contributed by atoms with Crippen molar-refractivity contribution in [2.24, 2.45) is 5.92 Å². The summed E-state index contributed by atoms with van der Waals surface area (Å²) >= 11 is 0. The van der Waals surface area contributed by atoms with E-state index in [2.05, 4.69) is 15.5 Å². The first-order valence-electron chi connectivity index (χ1n) is 9.83. The van der Waals surface area contributed by atoms with Crippen molar-refractivity contribution in [3.63, 3.8) is 0 Å². The van der Waals surface area contributed by atoms with E-state index in [1.54, 1.807) is 7.11 Å². The lowest BCUT2D eigenvalue weighted by atomic mass is 10.0. The Kier molecular flexibility index (Phi) is 5.48. The summed E-state index contributed by atoms with van der Waals surface area (Å²) in [6.45, 7) is 4.01. The number of nitrogens with zero attached hydrogens (tertiary/aromatic N) is 2. The van der Waals surface area contributed by atoms with Gasteiger partial charge in [0.15, 0.2) is 0 Å². The second-order valence-electron chi connectivity index (χ2n) is 7.41. The maximum atomic E-state index is 13.1. The van der Waals surface area contributed by atoms with Gasteiger partial charge in [0, 0.05) is 11.1 Å². The summed E-state index contributed by atoms with van der Waals surface area (Å²) in [5.74, 6) is 1.50. The van der Waals surface area contributed by atoms with Crippen LogP contribution in [0.2, 0.25) is 0 Å². The summed E-state index contributed by atoms with van der Waals surface area (Å²) in [7, 11) is 1.62. The summed E-state index contributed by atoms with van der Waals surface area (Å²) in [5.41, 5.74) is 1.43. The summed E-state index contributed by atoms with van der Waals surface area (Å²) in [6, 6.07) is 20.5. The van der Waals surface area contributed by atoms with Crippen molar-refractivity contribution in [2.75, 3.05) is 7.11 Å². The molecule has 1 N–H and O–H groups in total. The molecule has 0 spiro atoms. The summed E-state index contributed by atoms with van der Waals surface area (Å²) in [5, 5.41) is 9.09. The highest BCUT2D eigenvalue weighted by molar-refractivity contribution is 6.07. The van der Waals surface area contributed by atoms with Crippen LogP contribution in [0, 0.1) is 5.92 Å². The van der Waals surface area contributed by atoms with Gasteiger partial charge in [0.1, 0.15) is 11.8 Å². The van der Waals surface area contributed by atoms with E-state index in [0.29, 0.717) is 17.3 Å². The van der Waals surface area contributed by atoms with Crippen LogP contribution in [-0.4, -0.2) is 23.2 Å². The summed E-state index contributed by atoms with van der Waals surface area (Å²) in [4.78, 5) is 17.6. The van der Waals surface area contributed by atoms with Crippen LogP contribution in [0.25, 0.3) is 22.2 Å². The molecule has 6 heteroatoms. The highest BCUT2D eigenvalue weighted by Gasteiger charge is 2.26. The Morgan fingerprint density at radius 2 is 1.73 bits per heavy atom. The van der Waals surface area contributed by atoms with Gasteiger partial charge in [-0.05, 0) is 47.0 Å². The standard InChI is InChI=1S/C24H23N3O3/c1-15(2)21(24-26-22(27-30-24)17-11-13-18(29-3)14-12-17)25-23(28)20-10-6-8-16-7-4-5-9-19(16)20/h4-15,21H,1-3H3,(H,25,28)/t21-/m0/s1. The number of hydrogen-bond acceptors (Lipinski definition) is 5. The average Bonchev–Trinajstić information content (AvgIpc) is 3.26. The lowest BCUT2D eigenvalue weighted by molar-refractivity contribution is 0.0915. The van der Waals surface area contributed by atoms with Gasteiger partial charge in [-0.1, -0.05) is 55.4 Å². The number of amides is 1. The molecular weight excluding hydrogens is 378 g/mol. The smallest absolute Gasteiger partial charge is 0.252 e. The van der Waals surface area contributed by atoms with Crippen LogP contribution in [0.15, 0.2) is 71.3 Å². The number of benzene rings is 3. The third-order valence-electron chi connectivity index (χ3n) is 5.04. The minimum absolute atomic E-state index is 0.0630. The molecule has 3 aromatic carbocycles. The predicted molar refractivity (Wildman–Crippen MR) is 115 cm³/mol. The molecule has 30 heavy (non-hydrogen) atoms. The number of aromatic nitrogens is 2. The largest absolute Gasteiger partial charge is 0.497 e. The molecule has 0 unspecified atom stereocenters. The van der Waals surface area contributed by atoms with Crippen molar-refractivity contribution in [1.29, 1.82) is 0 Å². The molecule has 0 bridgehead atoms. The number of methoxy groups -OCH3 is 1. The van der Waals surface area contributed by atoms with Crippen LogP contribution in [0.3, 0.4) is 0 Å². The number of hydrogen-bond donors (Lipinski definition) is 1. The van der Waals surface area contributed by atoms with Crippen LogP contribution in [0.5, 0.6) is 5.75 Å². The van der Waals surface area contributed by atoms with Gasteiger partial charge < -0.3 is 14.6 Å². The molecule has 4 rings (SSSR count). The minimum Gasteiger partial charge on any atom is -0.497 e. The first-order chi connectivity index (χ1) is 14.6. The zero-order valence-corrected chi connectivity index (χ0v) is 17.1. The molecule has 1 atom stereocenters. The number of fused-ring (bicyclic) bond motifs is 1. The van der Waals surface area contributed by atoms with Crippen LogP contribution < -0.4 is 10.1 Å². The molecule has 0 saturated heterocycles. The number of rotatable bonds is 6. The molecule has 0 saturated carbocycles. The Morgan fingerprint density at radius 1 is 1.00 bits per heavy atom. The van der Waals surface area contributed by atoms with E-state index in [-0.39, 0.29) is 11.8 Å². The molecule has 152 valence electrons. The molecule has 0 aliphatic carbocycles. The second-order valence-corrected chi connectivity index (χ2v) is 7.41. The maximum Gasteiger partial charge on any atom is 0.252 e. The van der Waals surface area contributed by atoms with Gasteiger partial charge in [0.05, 0.1) is 7.11 Å².